The molecule has 158 valence electrons. The third-order valence-electron chi connectivity index (χ3n) is 4.28. The van der Waals surface area contributed by atoms with Gasteiger partial charge in [-0.05, 0) is 56.0 Å². The number of H-pyrrole nitrogens is 1. The van der Waals surface area contributed by atoms with Gasteiger partial charge in [0.1, 0.15) is 16.8 Å². The smallest absolute Gasteiger partial charge is 0.253 e. The largest absolute Gasteiger partial charge is 0.350 e. The van der Waals surface area contributed by atoms with Crippen LogP contribution < -0.4 is 15.6 Å². The van der Waals surface area contributed by atoms with Gasteiger partial charge in [0.2, 0.25) is 15.9 Å². The Kier molecular flexibility index (Phi) is 8.00. The van der Waals surface area contributed by atoms with Crippen molar-refractivity contribution >= 4 is 27.7 Å². The summed E-state index contributed by atoms with van der Waals surface area (Å²) in [6.07, 6.45) is 2.04. The van der Waals surface area contributed by atoms with Crippen molar-refractivity contribution in [3.05, 3.63) is 63.3 Å². The van der Waals surface area contributed by atoms with E-state index in [-0.39, 0.29) is 18.5 Å². The molecular formula is C19H24FN3O4S2. The summed E-state index contributed by atoms with van der Waals surface area (Å²) in [5, 5.41) is 2.61. The molecule has 0 saturated heterocycles. The van der Waals surface area contributed by atoms with Gasteiger partial charge in [-0.2, -0.15) is 16.5 Å². The van der Waals surface area contributed by atoms with Crippen molar-refractivity contribution in [2.75, 3.05) is 12.0 Å². The fraction of sp³-hybridized carbons (Fsp3) is 0.368. The van der Waals surface area contributed by atoms with Gasteiger partial charge in [-0.15, -0.1) is 0 Å². The van der Waals surface area contributed by atoms with Gasteiger partial charge in [-0.3, -0.25) is 9.59 Å². The molecule has 29 heavy (non-hydrogen) atoms. The van der Waals surface area contributed by atoms with E-state index in [4.69, 9.17) is 0 Å². The topological polar surface area (TPSA) is 108 Å². The van der Waals surface area contributed by atoms with E-state index in [2.05, 4.69) is 15.0 Å². The van der Waals surface area contributed by atoms with Gasteiger partial charge in [0.25, 0.3) is 5.56 Å². The van der Waals surface area contributed by atoms with Crippen LogP contribution in [0.15, 0.2) is 40.0 Å². The molecule has 1 unspecified atom stereocenters. The zero-order valence-corrected chi connectivity index (χ0v) is 18.0. The second-order valence-electron chi connectivity index (χ2n) is 6.55. The van der Waals surface area contributed by atoms with Crippen molar-refractivity contribution in [1.82, 2.24) is 15.0 Å². The Morgan fingerprint density at radius 3 is 2.59 bits per heavy atom. The Hall–Kier alpha value is -2.17. The number of amides is 1. The highest BCUT2D eigenvalue weighted by molar-refractivity contribution is 7.98. The first-order valence-corrected chi connectivity index (χ1v) is 11.8. The summed E-state index contributed by atoms with van der Waals surface area (Å²) in [4.78, 5) is 26.9. The molecule has 1 atom stereocenters. The number of benzene rings is 1. The number of aromatic amines is 1. The predicted molar refractivity (Wildman–Crippen MR) is 112 cm³/mol. The number of carbonyl (C=O) groups is 1. The zero-order valence-electron chi connectivity index (χ0n) is 16.4. The second-order valence-corrected chi connectivity index (χ2v) is 9.21. The van der Waals surface area contributed by atoms with Crippen LogP contribution in [0.3, 0.4) is 0 Å². The zero-order chi connectivity index (χ0) is 21.6. The first-order chi connectivity index (χ1) is 13.7. The van der Waals surface area contributed by atoms with Gasteiger partial charge in [-0.1, -0.05) is 12.1 Å². The van der Waals surface area contributed by atoms with Crippen LogP contribution in [0.5, 0.6) is 0 Å². The molecule has 0 spiro atoms. The molecule has 0 aliphatic heterocycles. The maximum atomic E-state index is 13.9. The summed E-state index contributed by atoms with van der Waals surface area (Å²) in [6, 6.07) is 5.65. The number of pyridine rings is 1. The highest BCUT2D eigenvalue weighted by Gasteiger charge is 2.27. The number of carbonyl (C=O) groups excluding carboxylic acids is 1. The van der Waals surface area contributed by atoms with E-state index < -0.39 is 32.7 Å². The number of hydrogen-bond acceptors (Lipinski definition) is 5. The first kappa shape index (κ1) is 23.1. The van der Waals surface area contributed by atoms with Crippen molar-refractivity contribution in [3.63, 3.8) is 0 Å². The molecule has 7 nitrogen and oxygen atoms in total. The molecule has 0 radical (unpaired) electrons. The van der Waals surface area contributed by atoms with Gasteiger partial charge >= 0.3 is 0 Å². The molecule has 0 saturated carbocycles. The molecule has 10 heteroatoms. The van der Waals surface area contributed by atoms with Crippen LogP contribution in [0, 0.1) is 19.7 Å². The molecule has 0 aliphatic carbocycles. The second kappa shape index (κ2) is 10.0. The van der Waals surface area contributed by atoms with E-state index in [1.54, 1.807) is 19.9 Å². The fourth-order valence-electron chi connectivity index (χ4n) is 2.79. The van der Waals surface area contributed by atoms with Crippen LogP contribution >= 0.6 is 11.8 Å². The van der Waals surface area contributed by atoms with Crippen LogP contribution in [0.4, 0.5) is 4.39 Å². The maximum absolute atomic E-state index is 13.9. The molecule has 1 heterocycles. The lowest BCUT2D eigenvalue weighted by Crippen LogP contribution is -2.47. The molecule has 2 rings (SSSR count). The SMILES string of the molecule is CSCCC(NS(=O)(=O)c1ccccc1F)C(=O)NCc1c(C)cc(C)[nH]c1=O. The molecule has 0 fully saturated rings. The van der Waals surface area contributed by atoms with Crippen molar-refractivity contribution in [1.29, 1.82) is 0 Å². The van der Waals surface area contributed by atoms with Gasteiger partial charge in [-0.25, -0.2) is 12.8 Å². The van der Waals surface area contributed by atoms with Gasteiger partial charge < -0.3 is 10.3 Å². The Morgan fingerprint density at radius 1 is 1.28 bits per heavy atom. The van der Waals surface area contributed by atoms with E-state index in [1.807, 2.05) is 6.26 Å². The average Bonchev–Trinajstić information content (AvgIpc) is 2.64. The summed E-state index contributed by atoms with van der Waals surface area (Å²) in [6.45, 7) is 3.47. The third-order valence-corrected chi connectivity index (χ3v) is 6.43. The van der Waals surface area contributed by atoms with Crippen LogP contribution in [0.1, 0.15) is 23.2 Å². The Morgan fingerprint density at radius 2 is 1.97 bits per heavy atom. The summed E-state index contributed by atoms with van der Waals surface area (Å²) in [7, 11) is -4.23. The van der Waals surface area contributed by atoms with Crippen LogP contribution in [-0.4, -0.2) is 37.4 Å². The number of aryl methyl sites for hydroxylation is 2. The van der Waals surface area contributed by atoms with E-state index in [9.17, 15) is 22.4 Å². The highest BCUT2D eigenvalue weighted by atomic mass is 32.2. The number of hydrogen-bond donors (Lipinski definition) is 3. The molecule has 1 aromatic heterocycles. The molecular weight excluding hydrogens is 417 g/mol. The number of sulfonamides is 1. The summed E-state index contributed by atoms with van der Waals surface area (Å²) in [5.41, 5.74) is 1.51. The monoisotopic (exact) mass is 441 g/mol. The first-order valence-electron chi connectivity index (χ1n) is 8.88. The molecule has 2 aromatic rings. The lowest BCUT2D eigenvalue weighted by Gasteiger charge is -2.19. The number of thioether (sulfide) groups is 1. The predicted octanol–water partition coefficient (Wildman–Crippen LogP) is 1.85. The van der Waals surface area contributed by atoms with Crippen molar-refractivity contribution < 1.29 is 17.6 Å². The molecule has 1 aromatic carbocycles. The minimum absolute atomic E-state index is 0.0442. The minimum Gasteiger partial charge on any atom is -0.350 e. The van der Waals surface area contributed by atoms with Crippen molar-refractivity contribution in [2.24, 2.45) is 0 Å². The molecule has 1 amide bonds. The highest BCUT2D eigenvalue weighted by Crippen LogP contribution is 2.15. The third kappa shape index (κ3) is 6.15. The molecule has 0 aliphatic rings. The number of rotatable bonds is 9. The van der Waals surface area contributed by atoms with Crippen LogP contribution in [0.25, 0.3) is 0 Å². The quantitative estimate of drug-likeness (QED) is 0.550. The standard InChI is InChI=1S/C19H24FN3O4S2/c1-12-10-13(2)22-18(24)14(12)11-21-19(25)16(8-9-28-3)23-29(26,27)17-7-5-4-6-15(17)20/h4-7,10,16,23H,8-9,11H2,1-3H3,(H,21,25)(H,22,24). The Bertz CT molecular complexity index is 1040. The summed E-state index contributed by atoms with van der Waals surface area (Å²) in [5.74, 6) is -0.966. The summed E-state index contributed by atoms with van der Waals surface area (Å²) >= 11 is 1.45. The van der Waals surface area contributed by atoms with Crippen molar-refractivity contribution in [2.45, 2.75) is 37.8 Å². The van der Waals surface area contributed by atoms with E-state index in [1.165, 1.54) is 23.9 Å². The van der Waals surface area contributed by atoms with E-state index in [0.29, 0.717) is 17.0 Å². The van der Waals surface area contributed by atoms with Crippen molar-refractivity contribution in [3.8, 4) is 0 Å². The van der Waals surface area contributed by atoms with E-state index in [0.717, 1.165) is 17.7 Å². The molecule has 0 bridgehead atoms. The average molecular weight is 442 g/mol. The Balaban J connectivity index is 2.18. The molecule has 3 N–H and O–H groups in total. The number of halogens is 1. The van der Waals surface area contributed by atoms with Gasteiger partial charge in [0, 0.05) is 17.8 Å². The van der Waals surface area contributed by atoms with Gasteiger partial charge in [0.05, 0.1) is 0 Å². The lowest BCUT2D eigenvalue weighted by atomic mass is 10.1. The normalized spacial score (nSPS) is 12.6. The maximum Gasteiger partial charge on any atom is 0.253 e. The number of aromatic nitrogens is 1. The van der Waals surface area contributed by atoms with Crippen LogP contribution in [0.2, 0.25) is 0 Å². The van der Waals surface area contributed by atoms with Gasteiger partial charge in [0.15, 0.2) is 0 Å². The number of nitrogens with one attached hydrogen (secondary N) is 3. The fourth-order valence-corrected chi connectivity index (χ4v) is 4.57. The minimum atomic E-state index is -4.23. The Labute approximate surface area is 173 Å². The van der Waals surface area contributed by atoms with Crippen LogP contribution in [-0.2, 0) is 21.4 Å². The van der Waals surface area contributed by atoms with E-state index >= 15 is 0 Å². The summed E-state index contributed by atoms with van der Waals surface area (Å²) < 4.78 is 41.3. The lowest BCUT2D eigenvalue weighted by molar-refractivity contribution is -0.122.